The second-order valence-corrected chi connectivity index (χ2v) is 4.81. The summed E-state index contributed by atoms with van der Waals surface area (Å²) >= 11 is 1.80. The Morgan fingerprint density at radius 2 is 2.00 bits per heavy atom. The topological polar surface area (TPSA) is 34.1 Å². The molecule has 94 valence electrons. The second-order valence-electron chi connectivity index (χ2n) is 3.76. The van der Waals surface area contributed by atoms with Crippen LogP contribution in [-0.4, -0.2) is 19.1 Å². The van der Waals surface area contributed by atoms with Crippen LogP contribution in [0, 0.1) is 0 Å². The van der Waals surface area contributed by atoms with Crippen molar-refractivity contribution in [1.29, 1.82) is 0 Å². The molecule has 0 amide bonds. The van der Waals surface area contributed by atoms with E-state index < -0.39 is 0 Å². The van der Waals surface area contributed by atoms with E-state index in [1.807, 2.05) is 31.4 Å². The average molecular weight is 260 g/mol. The van der Waals surface area contributed by atoms with E-state index in [1.165, 1.54) is 10.5 Å². The van der Waals surface area contributed by atoms with E-state index in [-0.39, 0.29) is 0 Å². The van der Waals surface area contributed by atoms with Gasteiger partial charge in [-0.05, 0) is 42.0 Å². The number of ether oxygens (including phenoxy) is 1. The highest BCUT2D eigenvalue weighted by Gasteiger charge is 1.99. The molecular formula is C14H16N2OS. The lowest BCUT2D eigenvalue weighted by Gasteiger charge is -2.05. The summed E-state index contributed by atoms with van der Waals surface area (Å²) in [7, 11) is 3.56. The third-order valence-corrected chi connectivity index (χ3v) is 3.63. The zero-order valence-corrected chi connectivity index (χ0v) is 11.3. The van der Waals surface area contributed by atoms with Crippen LogP contribution >= 0.6 is 11.8 Å². The Morgan fingerprint density at radius 3 is 2.67 bits per heavy atom. The van der Waals surface area contributed by atoms with E-state index in [0.717, 1.165) is 17.3 Å². The van der Waals surface area contributed by atoms with Crippen LogP contribution in [0.25, 0.3) is 0 Å². The number of hydrogen-bond acceptors (Lipinski definition) is 4. The van der Waals surface area contributed by atoms with Crippen molar-refractivity contribution in [1.82, 2.24) is 4.98 Å². The fraction of sp³-hybridized carbons (Fsp3) is 0.214. The van der Waals surface area contributed by atoms with Crippen LogP contribution in [0.1, 0.15) is 5.56 Å². The maximum atomic E-state index is 5.14. The molecule has 0 atom stereocenters. The number of benzene rings is 1. The quantitative estimate of drug-likeness (QED) is 0.835. The summed E-state index contributed by atoms with van der Waals surface area (Å²) in [4.78, 5) is 5.43. The van der Waals surface area contributed by atoms with Gasteiger partial charge in [0, 0.05) is 23.9 Å². The van der Waals surface area contributed by atoms with Crippen LogP contribution < -0.4 is 10.1 Å². The molecule has 0 spiro atoms. The lowest BCUT2D eigenvalue weighted by Crippen LogP contribution is -1.92. The molecule has 1 heterocycles. The summed E-state index contributed by atoms with van der Waals surface area (Å²) in [6.45, 7) is 0. The highest BCUT2D eigenvalue weighted by Crippen LogP contribution is 2.25. The largest absolute Gasteiger partial charge is 0.497 e. The number of nitrogens with zero attached hydrogens (tertiary/aromatic N) is 1. The average Bonchev–Trinajstić information content (AvgIpc) is 2.46. The maximum Gasteiger partial charge on any atom is 0.125 e. The molecule has 0 radical (unpaired) electrons. The summed E-state index contributed by atoms with van der Waals surface area (Å²) < 4.78 is 5.14. The zero-order chi connectivity index (χ0) is 12.8. The van der Waals surface area contributed by atoms with Crippen molar-refractivity contribution in [3.8, 4) is 5.75 Å². The first-order chi connectivity index (χ1) is 8.81. The van der Waals surface area contributed by atoms with Gasteiger partial charge >= 0.3 is 0 Å². The first kappa shape index (κ1) is 12.8. The SMILES string of the molecule is CNc1cc(CSc2ccc(OC)cc2)ccn1. The predicted octanol–water partition coefficient (Wildman–Crippen LogP) is 3.42. The third-order valence-electron chi connectivity index (χ3n) is 2.55. The standard InChI is InChI=1S/C14H16N2OS/c1-15-14-9-11(7-8-16-14)10-18-13-5-3-12(17-2)4-6-13/h3-9H,10H2,1-2H3,(H,15,16). The number of hydrogen-bond donors (Lipinski definition) is 1. The Labute approximate surface area is 112 Å². The van der Waals surface area contributed by atoms with Gasteiger partial charge in [-0.1, -0.05) is 0 Å². The zero-order valence-electron chi connectivity index (χ0n) is 10.5. The smallest absolute Gasteiger partial charge is 0.125 e. The Hall–Kier alpha value is -1.68. The van der Waals surface area contributed by atoms with E-state index in [9.17, 15) is 0 Å². The highest BCUT2D eigenvalue weighted by molar-refractivity contribution is 7.98. The van der Waals surface area contributed by atoms with E-state index in [4.69, 9.17) is 4.74 Å². The highest BCUT2D eigenvalue weighted by atomic mass is 32.2. The minimum absolute atomic E-state index is 0.890. The summed E-state index contributed by atoms with van der Waals surface area (Å²) in [5, 5.41) is 3.04. The number of anilines is 1. The molecule has 18 heavy (non-hydrogen) atoms. The molecule has 4 heteroatoms. The molecular weight excluding hydrogens is 244 g/mol. The Kier molecular flexibility index (Phi) is 4.47. The van der Waals surface area contributed by atoms with Gasteiger partial charge in [0.25, 0.3) is 0 Å². The minimum Gasteiger partial charge on any atom is -0.497 e. The molecule has 1 aromatic heterocycles. The van der Waals surface area contributed by atoms with E-state index in [1.54, 1.807) is 18.9 Å². The third kappa shape index (κ3) is 3.40. The summed E-state index contributed by atoms with van der Waals surface area (Å²) in [6, 6.07) is 12.2. The Morgan fingerprint density at radius 1 is 1.22 bits per heavy atom. The number of rotatable bonds is 5. The van der Waals surface area contributed by atoms with E-state index >= 15 is 0 Å². The molecule has 0 saturated heterocycles. The summed E-state index contributed by atoms with van der Waals surface area (Å²) in [5.41, 5.74) is 1.26. The summed E-state index contributed by atoms with van der Waals surface area (Å²) in [5.74, 6) is 2.73. The van der Waals surface area contributed by atoms with Crippen LogP contribution in [0.5, 0.6) is 5.75 Å². The van der Waals surface area contributed by atoms with Crippen molar-refractivity contribution in [2.75, 3.05) is 19.5 Å². The van der Waals surface area contributed by atoms with Crippen LogP contribution in [0.4, 0.5) is 5.82 Å². The van der Waals surface area contributed by atoms with Crippen LogP contribution in [-0.2, 0) is 5.75 Å². The van der Waals surface area contributed by atoms with Crippen molar-refractivity contribution in [3.63, 3.8) is 0 Å². The fourth-order valence-electron chi connectivity index (χ4n) is 1.54. The van der Waals surface area contributed by atoms with Crippen LogP contribution in [0.3, 0.4) is 0 Å². The lowest BCUT2D eigenvalue weighted by molar-refractivity contribution is 0.414. The van der Waals surface area contributed by atoms with Gasteiger partial charge in [-0.3, -0.25) is 0 Å². The van der Waals surface area contributed by atoms with Gasteiger partial charge in [-0.2, -0.15) is 0 Å². The molecule has 1 N–H and O–H groups in total. The first-order valence-electron chi connectivity index (χ1n) is 5.71. The van der Waals surface area contributed by atoms with Gasteiger partial charge in [0.2, 0.25) is 0 Å². The Bertz CT molecular complexity index is 499. The second kappa shape index (κ2) is 6.31. The van der Waals surface area contributed by atoms with Gasteiger partial charge < -0.3 is 10.1 Å². The molecule has 0 aliphatic carbocycles. The monoisotopic (exact) mass is 260 g/mol. The van der Waals surface area contributed by atoms with Gasteiger partial charge in [0.1, 0.15) is 11.6 Å². The molecule has 0 unspecified atom stereocenters. The molecule has 3 nitrogen and oxygen atoms in total. The molecule has 0 aliphatic rings. The molecule has 2 rings (SSSR count). The van der Waals surface area contributed by atoms with Crippen molar-refractivity contribution in [2.45, 2.75) is 10.6 Å². The van der Waals surface area contributed by atoms with Crippen molar-refractivity contribution in [3.05, 3.63) is 48.2 Å². The molecule has 2 aromatic rings. The lowest BCUT2D eigenvalue weighted by atomic mass is 10.3. The van der Waals surface area contributed by atoms with Gasteiger partial charge in [0.15, 0.2) is 0 Å². The van der Waals surface area contributed by atoms with E-state index in [0.29, 0.717) is 0 Å². The van der Waals surface area contributed by atoms with Crippen molar-refractivity contribution >= 4 is 17.6 Å². The summed E-state index contributed by atoms with van der Waals surface area (Å²) in [6.07, 6.45) is 1.83. The van der Waals surface area contributed by atoms with Gasteiger partial charge in [0.05, 0.1) is 7.11 Å². The normalized spacial score (nSPS) is 10.1. The number of methoxy groups -OCH3 is 1. The molecule has 0 saturated carbocycles. The van der Waals surface area contributed by atoms with Gasteiger partial charge in [-0.25, -0.2) is 4.98 Å². The number of thioether (sulfide) groups is 1. The molecule has 0 fully saturated rings. The molecule has 0 bridgehead atoms. The number of pyridine rings is 1. The van der Waals surface area contributed by atoms with Crippen molar-refractivity contribution < 1.29 is 4.74 Å². The fourth-order valence-corrected chi connectivity index (χ4v) is 2.38. The minimum atomic E-state index is 0.890. The maximum absolute atomic E-state index is 5.14. The van der Waals surface area contributed by atoms with E-state index in [2.05, 4.69) is 28.5 Å². The number of nitrogens with one attached hydrogen (secondary N) is 1. The van der Waals surface area contributed by atoms with Crippen molar-refractivity contribution in [2.24, 2.45) is 0 Å². The number of aromatic nitrogens is 1. The van der Waals surface area contributed by atoms with Crippen LogP contribution in [0.2, 0.25) is 0 Å². The van der Waals surface area contributed by atoms with Gasteiger partial charge in [-0.15, -0.1) is 11.8 Å². The Balaban J connectivity index is 1.97. The molecule has 0 aliphatic heterocycles. The first-order valence-corrected chi connectivity index (χ1v) is 6.70. The molecule has 1 aromatic carbocycles. The predicted molar refractivity (Wildman–Crippen MR) is 76.3 cm³/mol. The van der Waals surface area contributed by atoms with Crippen LogP contribution in [0.15, 0.2) is 47.5 Å².